The largest absolute Gasteiger partial charge is 0.506 e. The molecule has 0 aliphatic rings. The van der Waals surface area contributed by atoms with Crippen molar-refractivity contribution in [2.75, 3.05) is 0 Å². The monoisotopic (exact) mass is 210 g/mol. The zero-order valence-electron chi connectivity index (χ0n) is 7.73. The molecule has 0 bridgehead atoms. The SMILES string of the molecule is CCCc1noc(-c2sccc2O)n1. The quantitative estimate of drug-likeness (QED) is 0.845. The highest BCUT2D eigenvalue weighted by molar-refractivity contribution is 7.13. The van der Waals surface area contributed by atoms with Gasteiger partial charge in [-0.1, -0.05) is 12.1 Å². The van der Waals surface area contributed by atoms with E-state index < -0.39 is 0 Å². The Morgan fingerprint density at radius 3 is 3.07 bits per heavy atom. The Morgan fingerprint density at radius 2 is 2.43 bits per heavy atom. The summed E-state index contributed by atoms with van der Waals surface area (Å²) < 4.78 is 5.03. The van der Waals surface area contributed by atoms with Crippen LogP contribution in [0.2, 0.25) is 0 Å². The molecular weight excluding hydrogens is 200 g/mol. The van der Waals surface area contributed by atoms with Gasteiger partial charge < -0.3 is 9.63 Å². The van der Waals surface area contributed by atoms with Crippen LogP contribution in [0.25, 0.3) is 10.8 Å². The van der Waals surface area contributed by atoms with Crippen LogP contribution < -0.4 is 0 Å². The predicted octanol–water partition coefficient (Wildman–Crippen LogP) is 2.46. The molecule has 0 radical (unpaired) electrons. The van der Waals surface area contributed by atoms with Crippen molar-refractivity contribution in [2.24, 2.45) is 0 Å². The molecule has 0 saturated carbocycles. The van der Waals surface area contributed by atoms with Crippen LogP contribution in [0.4, 0.5) is 0 Å². The smallest absolute Gasteiger partial charge is 0.271 e. The number of aromatic hydroxyl groups is 1. The average Bonchev–Trinajstić information content (AvgIpc) is 2.74. The molecule has 74 valence electrons. The van der Waals surface area contributed by atoms with Gasteiger partial charge in [0.25, 0.3) is 5.89 Å². The maximum Gasteiger partial charge on any atom is 0.271 e. The Balaban J connectivity index is 2.29. The molecule has 0 aromatic carbocycles. The van der Waals surface area contributed by atoms with E-state index in [2.05, 4.69) is 17.1 Å². The van der Waals surface area contributed by atoms with Gasteiger partial charge in [-0.2, -0.15) is 4.98 Å². The number of aromatic nitrogens is 2. The molecule has 0 fully saturated rings. The molecule has 1 N–H and O–H groups in total. The van der Waals surface area contributed by atoms with Gasteiger partial charge in [0.15, 0.2) is 5.82 Å². The summed E-state index contributed by atoms with van der Waals surface area (Å²) in [6, 6.07) is 1.61. The van der Waals surface area contributed by atoms with Gasteiger partial charge in [-0.05, 0) is 17.9 Å². The first-order valence-corrected chi connectivity index (χ1v) is 5.28. The number of hydrogen-bond acceptors (Lipinski definition) is 5. The molecule has 2 rings (SSSR count). The Kier molecular flexibility index (Phi) is 2.49. The summed E-state index contributed by atoms with van der Waals surface area (Å²) in [5.41, 5.74) is 0. The second kappa shape index (κ2) is 3.79. The lowest BCUT2D eigenvalue weighted by atomic mass is 10.3. The molecule has 0 unspecified atom stereocenters. The van der Waals surface area contributed by atoms with E-state index in [-0.39, 0.29) is 5.75 Å². The maximum absolute atomic E-state index is 9.43. The minimum Gasteiger partial charge on any atom is -0.506 e. The van der Waals surface area contributed by atoms with Crippen molar-refractivity contribution in [3.05, 3.63) is 17.3 Å². The summed E-state index contributed by atoms with van der Waals surface area (Å²) in [5, 5.41) is 15.0. The van der Waals surface area contributed by atoms with Gasteiger partial charge in [0.2, 0.25) is 0 Å². The van der Waals surface area contributed by atoms with Crippen molar-refractivity contribution in [2.45, 2.75) is 19.8 Å². The fraction of sp³-hybridized carbons (Fsp3) is 0.333. The summed E-state index contributed by atoms with van der Waals surface area (Å²) in [4.78, 5) is 4.81. The topological polar surface area (TPSA) is 59.2 Å². The molecule has 2 heterocycles. The Hall–Kier alpha value is -1.36. The van der Waals surface area contributed by atoms with Gasteiger partial charge in [0.1, 0.15) is 10.6 Å². The lowest BCUT2D eigenvalue weighted by Crippen LogP contribution is -1.84. The van der Waals surface area contributed by atoms with Crippen LogP contribution >= 0.6 is 11.3 Å². The molecule has 0 aliphatic carbocycles. The fourth-order valence-corrected chi connectivity index (χ4v) is 1.84. The van der Waals surface area contributed by atoms with Crippen molar-refractivity contribution in [3.8, 4) is 16.5 Å². The van der Waals surface area contributed by atoms with E-state index in [1.807, 2.05) is 0 Å². The van der Waals surface area contributed by atoms with E-state index in [9.17, 15) is 5.11 Å². The van der Waals surface area contributed by atoms with Gasteiger partial charge in [-0.3, -0.25) is 0 Å². The van der Waals surface area contributed by atoms with Crippen LogP contribution in [0, 0.1) is 0 Å². The first kappa shape index (κ1) is 9.21. The second-order valence-corrected chi connectivity index (χ2v) is 3.82. The minimum absolute atomic E-state index is 0.196. The number of hydrogen-bond donors (Lipinski definition) is 1. The highest BCUT2D eigenvalue weighted by Crippen LogP contribution is 2.33. The van der Waals surface area contributed by atoms with E-state index in [4.69, 9.17) is 4.52 Å². The molecule has 4 nitrogen and oxygen atoms in total. The van der Waals surface area contributed by atoms with Crippen LogP contribution in [0.1, 0.15) is 19.2 Å². The van der Waals surface area contributed by atoms with Gasteiger partial charge in [0.05, 0.1) is 0 Å². The number of thiophene rings is 1. The summed E-state index contributed by atoms with van der Waals surface area (Å²) in [6.07, 6.45) is 1.78. The molecular formula is C9H10N2O2S. The van der Waals surface area contributed by atoms with Crippen LogP contribution in [0.15, 0.2) is 16.0 Å². The lowest BCUT2D eigenvalue weighted by molar-refractivity contribution is 0.418. The molecule has 0 amide bonds. The average molecular weight is 210 g/mol. The van der Waals surface area contributed by atoms with Crippen molar-refractivity contribution in [3.63, 3.8) is 0 Å². The molecule has 5 heteroatoms. The van der Waals surface area contributed by atoms with Crippen molar-refractivity contribution >= 4 is 11.3 Å². The Labute approximate surface area is 85.2 Å². The predicted molar refractivity (Wildman–Crippen MR) is 53.3 cm³/mol. The normalized spacial score (nSPS) is 10.6. The zero-order chi connectivity index (χ0) is 9.97. The first-order valence-electron chi connectivity index (χ1n) is 4.40. The van der Waals surface area contributed by atoms with Crippen LogP contribution in [-0.4, -0.2) is 15.2 Å². The van der Waals surface area contributed by atoms with Gasteiger partial charge in [-0.15, -0.1) is 11.3 Å². The van der Waals surface area contributed by atoms with Gasteiger partial charge in [0, 0.05) is 6.42 Å². The minimum atomic E-state index is 0.196. The summed E-state index contributed by atoms with van der Waals surface area (Å²) in [7, 11) is 0. The molecule has 0 aliphatic heterocycles. The number of aryl methyl sites for hydroxylation is 1. The highest BCUT2D eigenvalue weighted by Gasteiger charge is 2.13. The fourth-order valence-electron chi connectivity index (χ4n) is 1.13. The van der Waals surface area contributed by atoms with E-state index in [0.29, 0.717) is 16.6 Å². The van der Waals surface area contributed by atoms with Crippen LogP contribution in [0.3, 0.4) is 0 Å². The van der Waals surface area contributed by atoms with Crippen molar-refractivity contribution < 1.29 is 9.63 Å². The first-order chi connectivity index (χ1) is 6.81. The third-order valence-electron chi connectivity index (χ3n) is 1.78. The van der Waals surface area contributed by atoms with Gasteiger partial charge in [-0.25, -0.2) is 0 Å². The molecule has 14 heavy (non-hydrogen) atoms. The molecule has 0 atom stereocenters. The van der Waals surface area contributed by atoms with E-state index in [1.54, 1.807) is 11.4 Å². The van der Waals surface area contributed by atoms with E-state index in [0.717, 1.165) is 12.8 Å². The highest BCUT2D eigenvalue weighted by atomic mass is 32.1. The lowest BCUT2D eigenvalue weighted by Gasteiger charge is -1.87. The summed E-state index contributed by atoms with van der Waals surface area (Å²) in [6.45, 7) is 2.05. The van der Waals surface area contributed by atoms with Crippen molar-refractivity contribution in [1.29, 1.82) is 0 Å². The van der Waals surface area contributed by atoms with Gasteiger partial charge >= 0.3 is 0 Å². The molecule has 2 aromatic rings. The molecule has 0 spiro atoms. The number of rotatable bonds is 3. The van der Waals surface area contributed by atoms with Crippen molar-refractivity contribution in [1.82, 2.24) is 10.1 Å². The molecule has 2 aromatic heterocycles. The molecule has 0 saturated heterocycles. The van der Waals surface area contributed by atoms with E-state index in [1.165, 1.54) is 11.3 Å². The third-order valence-corrected chi connectivity index (χ3v) is 2.67. The maximum atomic E-state index is 9.43. The Bertz CT molecular complexity index is 422. The summed E-state index contributed by atoms with van der Waals surface area (Å²) >= 11 is 1.39. The standard InChI is InChI=1S/C9H10N2O2S/c1-2-3-7-10-9(13-11-7)8-6(12)4-5-14-8/h4-5,12H,2-3H2,1H3. The third kappa shape index (κ3) is 1.63. The van der Waals surface area contributed by atoms with Crippen LogP contribution in [-0.2, 0) is 6.42 Å². The van der Waals surface area contributed by atoms with Crippen LogP contribution in [0.5, 0.6) is 5.75 Å². The zero-order valence-corrected chi connectivity index (χ0v) is 8.54. The number of nitrogens with zero attached hydrogens (tertiary/aromatic N) is 2. The Morgan fingerprint density at radius 1 is 1.57 bits per heavy atom. The summed E-state index contributed by atoms with van der Waals surface area (Å²) in [5.74, 6) is 1.29. The second-order valence-electron chi connectivity index (χ2n) is 2.90. The van der Waals surface area contributed by atoms with E-state index >= 15 is 0 Å².